The van der Waals surface area contributed by atoms with Crippen LogP contribution in [0.1, 0.15) is 18.4 Å². The number of amides is 1. The molecule has 1 aromatic carbocycles. The molecule has 1 amide bonds. The highest BCUT2D eigenvalue weighted by Gasteiger charge is 2.39. The number of pyridine rings is 1. The number of carbonyl (C=O) groups excluding carboxylic acids is 1. The number of nitrogens with zero attached hydrogens (tertiary/aromatic N) is 1. The third-order valence-electron chi connectivity index (χ3n) is 4.77. The van der Waals surface area contributed by atoms with E-state index in [-0.39, 0.29) is 5.91 Å². The molecule has 27 heavy (non-hydrogen) atoms. The van der Waals surface area contributed by atoms with Gasteiger partial charge in [0.25, 0.3) is 0 Å². The normalized spacial score (nSPS) is 15.9. The number of nitrogens with one attached hydrogen (secondary N) is 2. The first-order valence-electron chi connectivity index (χ1n) is 8.95. The van der Waals surface area contributed by atoms with E-state index in [2.05, 4.69) is 15.6 Å². The van der Waals surface area contributed by atoms with Crippen LogP contribution in [0.15, 0.2) is 42.7 Å². The summed E-state index contributed by atoms with van der Waals surface area (Å²) in [4.78, 5) is 16.9. The molecule has 2 heterocycles. The van der Waals surface area contributed by atoms with E-state index in [1.165, 1.54) is 0 Å². The molecule has 7 heteroatoms. The Bertz CT molecular complexity index is 759. The van der Waals surface area contributed by atoms with Crippen LogP contribution in [-0.2, 0) is 16.1 Å². The number of anilines is 1. The highest BCUT2D eigenvalue weighted by molar-refractivity contribution is 6.32. The van der Waals surface area contributed by atoms with E-state index in [4.69, 9.17) is 21.1 Å². The van der Waals surface area contributed by atoms with Crippen molar-refractivity contribution in [3.05, 3.63) is 53.3 Å². The van der Waals surface area contributed by atoms with Gasteiger partial charge in [0, 0.05) is 30.8 Å². The van der Waals surface area contributed by atoms with Gasteiger partial charge in [-0.3, -0.25) is 9.78 Å². The van der Waals surface area contributed by atoms with Gasteiger partial charge in [-0.1, -0.05) is 17.7 Å². The number of piperidine rings is 1. The molecule has 1 fully saturated rings. The van der Waals surface area contributed by atoms with Crippen molar-refractivity contribution >= 4 is 23.2 Å². The van der Waals surface area contributed by atoms with Gasteiger partial charge in [-0.15, -0.1) is 0 Å². The van der Waals surface area contributed by atoms with E-state index in [9.17, 15) is 4.79 Å². The van der Waals surface area contributed by atoms with Gasteiger partial charge >= 0.3 is 0 Å². The second-order valence-corrected chi connectivity index (χ2v) is 7.12. The number of carbonyl (C=O) groups is 1. The molecule has 0 saturated carbocycles. The fourth-order valence-corrected chi connectivity index (χ4v) is 3.46. The highest BCUT2D eigenvalue weighted by atomic mass is 35.5. The van der Waals surface area contributed by atoms with Gasteiger partial charge in [-0.25, -0.2) is 0 Å². The van der Waals surface area contributed by atoms with Crippen molar-refractivity contribution in [2.45, 2.75) is 19.4 Å². The maximum absolute atomic E-state index is 12.9. The van der Waals surface area contributed by atoms with Crippen LogP contribution in [0, 0.1) is 5.41 Å². The predicted octanol–water partition coefficient (Wildman–Crippen LogP) is 3.27. The number of methoxy groups -OCH3 is 1. The van der Waals surface area contributed by atoms with Crippen LogP contribution in [0.4, 0.5) is 5.69 Å². The molecular weight excluding hydrogens is 366 g/mol. The molecule has 2 N–H and O–H groups in total. The topological polar surface area (TPSA) is 72.5 Å². The van der Waals surface area contributed by atoms with E-state index in [1.54, 1.807) is 37.7 Å². The van der Waals surface area contributed by atoms with Crippen molar-refractivity contribution < 1.29 is 14.3 Å². The molecule has 1 aliphatic rings. The van der Waals surface area contributed by atoms with Crippen LogP contribution in [0.5, 0.6) is 5.75 Å². The standard InChI is InChI=1S/C20H24ClN3O3/c1-26-14-20(6-9-22-10-7-20)19(25)24-16-4-5-18(17(21)11-16)27-13-15-3-2-8-23-12-15/h2-5,8,11-12,22H,6-7,9-10,13-14H2,1H3,(H,24,25). The van der Waals surface area contributed by atoms with E-state index < -0.39 is 5.41 Å². The van der Waals surface area contributed by atoms with Crippen LogP contribution in [-0.4, -0.2) is 37.7 Å². The summed E-state index contributed by atoms with van der Waals surface area (Å²) in [7, 11) is 1.63. The van der Waals surface area contributed by atoms with Crippen molar-refractivity contribution in [3.8, 4) is 5.75 Å². The minimum Gasteiger partial charge on any atom is -0.487 e. The van der Waals surface area contributed by atoms with Crippen LogP contribution < -0.4 is 15.4 Å². The maximum Gasteiger partial charge on any atom is 0.233 e. The van der Waals surface area contributed by atoms with E-state index in [0.29, 0.717) is 29.7 Å². The Labute approximate surface area is 164 Å². The summed E-state index contributed by atoms with van der Waals surface area (Å²) in [6, 6.07) is 9.06. The van der Waals surface area contributed by atoms with Gasteiger partial charge in [0.1, 0.15) is 12.4 Å². The average Bonchev–Trinajstić information content (AvgIpc) is 2.69. The first kappa shape index (κ1) is 19.6. The molecule has 3 rings (SSSR count). The number of hydrogen-bond donors (Lipinski definition) is 2. The van der Waals surface area contributed by atoms with Crippen molar-refractivity contribution in [2.75, 3.05) is 32.1 Å². The number of rotatable bonds is 7. The minimum atomic E-state index is -0.512. The zero-order chi connectivity index (χ0) is 19.1. The Morgan fingerprint density at radius 1 is 1.33 bits per heavy atom. The van der Waals surface area contributed by atoms with Gasteiger partial charge in [-0.2, -0.15) is 0 Å². The zero-order valence-corrected chi connectivity index (χ0v) is 16.1. The van der Waals surface area contributed by atoms with E-state index >= 15 is 0 Å². The summed E-state index contributed by atoms with van der Waals surface area (Å²) in [5.41, 5.74) is 1.09. The Kier molecular flexibility index (Phi) is 6.66. The van der Waals surface area contributed by atoms with E-state index in [1.807, 2.05) is 12.1 Å². The summed E-state index contributed by atoms with van der Waals surface area (Å²) < 4.78 is 11.1. The Morgan fingerprint density at radius 2 is 2.15 bits per heavy atom. The Morgan fingerprint density at radius 3 is 2.81 bits per heavy atom. The minimum absolute atomic E-state index is 0.0362. The maximum atomic E-state index is 12.9. The second-order valence-electron chi connectivity index (χ2n) is 6.71. The lowest BCUT2D eigenvalue weighted by molar-refractivity contribution is -0.130. The quantitative estimate of drug-likeness (QED) is 0.760. The molecule has 6 nitrogen and oxygen atoms in total. The molecule has 1 aliphatic heterocycles. The molecule has 1 saturated heterocycles. The molecule has 0 radical (unpaired) electrons. The summed E-state index contributed by atoms with van der Waals surface area (Å²) in [6.45, 7) is 2.39. The second kappa shape index (κ2) is 9.17. The number of benzene rings is 1. The van der Waals surface area contributed by atoms with E-state index in [0.717, 1.165) is 31.5 Å². The summed E-state index contributed by atoms with van der Waals surface area (Å²) in [5, 5.41) is 6.71. The zero-order valence-electron chi connectivity index (χ0n) is 15.3. The number of ether oxygens (including phenoxy) is 2. The lowest BCUT2D eigenvalue weighted by atomic mass is 9.78. The molecular formula is C20H24ClN3O3. The fraction of sp³-hybridized carbons (Fsp3) is 0.400. The molecule has 1 aromatic heterocycles. The largest absolute Gasteiger partial charge is 0.487 e. The van der Waals surface area contributed by atoms with Crippen molar-refractivity contribution in [1.29, 1.82) is 0 Å². The van der Waals surface area contributed by atoms with Crippen LogP contribution in [0.25, 0.3) is 0 Å². The number of halogens is 1. The molecule has 0 bridgehead atoms. The summed E-state index contributed by atoms with van der Waals surface area (Å²) in [5.74, 6) is 0.526. The van der Waals surface area contributed by atoms with Crippen LogP contribution in [0.2, 0.25) is 5.02 Å². The van der Waals surface area contributed by atoms with Crippen LogP contribution >= 0.6 is 11.6 Å². The third-order valence-corrected chi connectivity index (χ3v) is 5.07. The SMILES string of the molecule is COCC1(C(=O)Nc2ccc(OCc3cccnc3)c(Cl)c2)CCNCC1. The molecule has 0 atom stereocenters. The Hall–Kier alpha value is -2.15. The molecule has 0 unspecified atom stereocenters. The fourth-order valence-electron chi connectivity index (χ4n) is 3.22. The average molecular weight is 390 g/mol. The lowest BCUT2D eigenvalue weighted by Gasteiger charge is -2.35. The van der Waals surface area contributed by atoms with Gasteiger partial charge in [0.15, 0.2) is 0 Å². The summed E-state index contributed by atoms with van der Waals surface area (Å²) in [6.07, 6.45) is 4.95. The monoisotopic (exact) mass is 389 g/mol. The third kappa shape index (κ3) is 4.97. The molecule has 2 aromatic rings. The molecule has 0 spiro atoms. The number of hydrogen-bond acceptors (Lipinski definition) is 5. The molecule has 144 valence electrons. The van der Waals surface area contributed by atoms with Gasteiger partial charge < -0.3 is 20.1 Å². The van der Waals surface area contributed by atoms with Crippen molar-refractivity contribution in [1.82, 2.24) is 10.3 Å². The van der Waals surface area contributed by atoms with Crippen molar-refractivity contribution in [3.63, 3.8) is 0 Å². The number of aromatic nitrogens is 1. The van der Waals surface area contributed by atoms with Gasteiger partial charge in [0.05, 0.1) is 17.0 Å². The van der Waals surface area contributed by atoms with Crippen molar-refractivity contribution in [2.24, 2.45) is 5.41 Å². The first-order valence-corrected chi connectivity index (χ1v) is 9.33. The van der Waals surface area contributed by atoms with Crippen LogP contribution in [0.3, 0.4) is 0 Å². The molecule has 0 aliphatic carbocycles. The summed E-state index contributed by atoms with van der Waals surface area (Å²) >= 11 is 6.33. The highest BCUT2D eigenvalue weighted by Crippen LogP contribution is 2.33. The van der Waals surface area contributed by atoms with Gasteiger partial charge in [-0.05, 0) is 50.2 Å². The predicted molar refractivity (Wildman–Crippen MR) is 105 cm³/mol. The smallest absolute Gasteiger partial charge is 0.233 e. The first-order chi connectivity index (χ1) is 13.1. The Balaban J connectivity index is 1.65. The van der Waals surface area contributed by atoms with Gasteiger partial charge in [0.2, 0.25) is 5.91 Å². The lowest BCUT2D eigenvalue weighted by Crippen LogP contribution is -2.47.